The van der Waals surface area contributed by atoms with E-state index < -0.39 is 24.2 Å². The first kappa shape index (κ1) is 47.5. The van der Waals surface area contributed by atoms with Crippen molar-refractivity contribution in [3.63, 3.8) is 0 Å². The highest BCUT2D eigenvalue weighted by Gasteiger charge is 2.42. The molecule has 0 saturated carbocycles. The van der Waals surface area contributed by atoms with Crippen molar-refractivity contribution in [2.45, 2.75) is 85.2 Å². The highest BCUT2D eigenvalue weighted by atomic mass is 35.5. The fourth-order valence-corrected chi connectivity index (χ4v) is 11.1. The minimum Gasteiger partial charge on any atom is -0.492 e. The van der Waals surface area contributed by atoms with E-state index >= 15 is 0 Å². The molecule has 9 rings (SSSR count). The van der Waals surface area contributed by atoms with Gasteiger partial charge in [0.15, 0.2) is 5.82 Å². The van der Waals surface area contributed by atoms with Gasteiger partial charge in [0.1, 0.15) is 41.3 Å². The maximum atomic E-state index is 14.3. The molecule has 2 aliphatic heterocycles. The number of aromatic nitrogens is 6. The molecule has 356 valence electrons. The lowest BCUT2D eigenvalue weighted by Crippen LogP contribution is -2.49. The summed E-state index contributed by atoms with van der Waals surface area (Å²) in [6.45, 7) is 12.7. The third-order valence-corrected chi connectivity index (χ3v) is 15.1. The molecule has 0 spiro atoms. The van der Waals surface area contributed by atoms with Gasteiger partial charge in [0.25, 0.3) is 0 Å². The molecule has 4 atom stereocenters. The van der Waals surface area contributed by atoms with Gasteiger partial charge in [-0.3, -0.25) is 28.6 Å². The molecule has 7 aromatic rings. The van der Waals surface area contributed by atoms with E-state index in [4.69, 9.17) is 21.3 Å². The summed E-state index contributed by atoms with van der Waals surface area (Å²) >= 11 is 9.51. The fraction of sp³-hybridized carbons (Fsp3) is 0.333. The number of fused-ring (bicyclic) bond motifs is 3. The van der Waals surface area contributed by atoms with Crippen LogP contribution >= 0.6 is 34.3 Å². The number of thiazole rings is 1. The van der Waals surface area contributed by atoms with Crippen molar-refractivity contribution in [1.29, 1.82) is 0 Å². The van der Waals surface area contributed by atoms with Gasteiger partial charge in [0.2, 0.25) is 17.7 Å². The first-order valence-electron chi connectivity index (χ1n) is 22.9. The number of aliphatic hydroxyl groups excluding tert-OH is 1. The Balaban J connectivity index is 0.817. The molecule has 3 N–H and O–H groups in total. The third kappa shape index (κ3) is 10.00. The number of likely N-dealkylation sites (tertiary alicyclic amines) is 1. The molecule has 15 nitrogen and oxygen atoms in total. The van der Waals surface area contributed by atoms with Gasteiger partial charge >= 0.3 is 0 Å². The van der Waals surface area contributed by atoms with Gasteiger partial charge < -0.3 is 25.4 Å². The highest BCUT2D eigenvalue weighted by molar-refractivity contribution is 7.15. The van der Waals surface area contributed by atoms with Gasteiger partial charge in [0, 0.05) is 52.3 Å². The van der Waals surface area contributed by atoms with Gasteiger partial charge in [0.05, 0.1) is 47.1 Å². The average Bonchev–Trinajstić information content (AvgIpc) is 4.18. The second kappa shape index (κ2) is 20.2. The van der Waals surface area contributed by atoms with E-state index in [0.29, 0.717) is 16.6 Å². The number of benzene rings is 3. The van der Waals surface area contributed by atoms with Crippen LogP contribution in [0.2, 0.25) is 5.02 Å². The zero-order chi connectivity index (χ0) is 48.5. The lowest BCUT2D eigenvalue weighted by atomic mass is 9.99. The normalized spacial score (nSPS) is 17.0. The van der Waals surface area contributed by atoms with Crippen molar-refractivity contribution in [2.75, 3.05) is 19.7 Å². The van der Waals surface area contributed by atoms with E-state index in [9.17, 15) is 19.5 Å². The Morgan fingerprint density at radius 2 is 1.71 bits per heavy atom. The molecule has 1 saturated heterocycles. The standard InChI is InChI=1S/C51H53ClN10O5S2/c1-28(2)46(50(66)60-26-39(63)21-42(60)49(65)54-23-33-10-12-35(13-11-33)47-30(4)55-27-68-47)61-25-37(24-56-61)36-8-7-9-40(20-36)67-19-18-53-43(64)22-41-48-59-58-32(6)62(48)51-44(29(3)31(5)69-51)45(57-41)34-14-16-38(52)17-15-34/h7-17,20,24-25,27-28,39,41-42,46,63H,18-19,21-23,26H2,1-6H3,(H,53,64)(H,54,65)/t39-,41+,42+,46-/m1/s1. The number of ether oxygens (including phenoxy) is 1. The Morgan fingerprint density at radius 1 is 0.942 bits per heavy atom. The number of aryl methyl sites for hydroxylation is 3. The van der Waals surface area contributed by atoms with Crippen LogP contribution in [0.3, 0.4) is 0 Å². The predicted octanol–water partition coefficient (Wildman–Crippen LogP) is 8.16. The Hall–Kier alpha value is -6.53. The van der Waals surface area contributed by atoms with Crippen LogP contribution in [0.25, 0.3) is 26.6 Å². The zero-order valence-electron chi connectivity index (χ0n) is 39.1. The molecule has 1 fully saturated rings. The molecule has 18 heteroatoms. The van der Waals surface area contributed by atoms with Crippen molar-refractivity contribution in [3.8, 4) is 32.3 Å². The van der Waals surface area contributed by atoms with E-state index in [1.807, 2.05) is 117 Å². The maximum absolute atomic E-state index is 14.3. The molecule has 6 heterocycles. The van der Waals surface area contributed by atoms with Crippen molar-refractivity contribution in [3.05, 3.63) is 140 Å². The van der Waals surface area contributed by atoms with Gasteiger partial charge in [-0.15, -0.1) is 32.9 Å². The van der Waals surface area contributed by atoms with Crippen LogP contribution in [0.1, 0.15) is 83.2 Å². The van der Waals surface area contributed by atoms with E-state index in [1.54, 1.807) is 33.6 Å². The minimum absolute atomic E-state index is 0.0506. The molecular weight excluding hydrogens is 932 g/mol. The van der Waals surface area contributed by atoms with Crippen LogP contribution in [-0.2, 0) is 20.9 Å². The number of nitrogens with one attached hydrogen (secondary N) is 2. The lowest BCUT2D eigenvalue weighted by molar-refractivity contribution is -0.142. The average molecular weight is 986 g/mol. The van der Waals surface area contributed by atoms with E-state index in [-0.39, 0.29) is 62.7 Å². The molecule has 3 amide bonds. The number of thiophene rings is 1. The third-order valence-electron chi connectivity index (χ3n) is 12.7. The van der Waals surface area contributed by atoms with Crippen LogP contribution in [0.15, 0.2) is 95.7 Å². The number of carbonyl (C=O) groups excluding carboxylic acids is 3. The molecule has 0 bridgehead atoms. The van der Waals surface area contributed by atoms with Crippen LogP contribution in [0, 0.1) is 33.6 Å². The van der Waals surface area contributed by atoms with E-state index in [1.165, 1.54) is 9.78 Å². The Morgan fingerprint density at radius 3 is 2.45 bits per heavy atom. The second-order valence-electron chi connectivity index (χ2n) is 17.8. The molecule has 2 aliphatic rings. The molecule has 69 heavy (non-hydrogen) atoms. The number of aliphatic hydroxyl groups is 1. The number of amides is 3. The lowest BCUT2D eigenvalue weighted by Gasteiger charge is -2.30. The van der Waals surface area contributed by atoms with E-state index in [0.717, 1.165) is 66.1 Å². The Labute approximate surface area is 413 Å². The Bertz CT molecular complexity index is 3050. The minimum atomic E-state index is -0.829. The summed E-state index contributed by atoms with van der Waals surface area (Å²) in [5.41, 5.74) is 10.2. The van der Waals surface area contributed by atoms with Crippen molar-refractivity contribution >= 4 is 57.7 Å². The Kier molecular flexibility index (Phi) is 13.9. The zero-order valence-corrected chi connectivity index (χ0v) is 41.5. The maximum Gasteiger partial charge on any atom is 0.248 e. The van der Waals surface area contributed by atoms with Crippen molar-refractivity contribution in [1.82, 2.24) is 45.1 Å². The largest absolute Gasteiger partial charge is 0.492 e. The molecule has 3 aromatic carbocycles. The van der Waals surface area contributed by atoms with Crippen LogP contribution in [0.4, 0.5) is 0 Å². The number of aliphatic imine (C=N–C) groups is 1. The van der Waals surface area contributed by atoms with Gasteiger partial charge in [-0.2, -0.15) is 5.10 Å². The summed E-state index contributed by atoms with van der Waals surface area (Å²) in [6.07, 6.45) is 2.89. The number of rotatable bonds is 15. The summed E-state index contributed by atoms with van der Waals surface area (Å²) in [4.78, 5) is 54.8. The van der Waals surface area contributed by atoms with Crippen molar-refractivity contribution in [2.24, 2.45) is 10.9 Å². The number of β-amino-alcohol motifs (C(OH)–C–C–N with tert-alkyl or cyclic N) is 1. The van der Waals surface area contributed by atoms with Gasteiger partial charge in [-0.1, -0.05) is 74.0 Å². The number of halogens is 1. The summed E-state index contributed by atoms with van der Waals surface area (Å²) in [7, 11) is 0. The van der Waals surface area contributed by atoms with Gasteiger partial charge in [-0.25, -0.2) is 4.98 Å². The predicted molar refractivity (Wildman–Crippen MR) is 268 cm³/mol. The first-order valence-corrected chi connectivity index (χ1v) is 25.0. The van der Waals surface area contributed by atoms with Crippen molar-refractivity contribution < 1.29 is 24.2 Å². The highest BCUT2D eigenvalue weighted by Crippen LogP contribution is 2.40. The molecule has 0 radical (unpaired) electrons. The summed E-state index contributed by atoms with van der Waals surface area (Å²) in [6, 6.07) is 20.9. The van der Waals surface area contributed by atoms with Crippen LogP contribution < -0.4 is 15.4 Å². The van der Waals surface area contributed by atoms with Gasteiger partial charge in [-0.05, 0) is 80.1 Å². The molecule has 4 aromatic heterocycles. The number of hydrogen-bond donors (Lipinski definition) is 3. The smallest absolute Gasteiger partial charge is 0.248 e. The molecule has 0 aliphatic carbocycles. The molecule has 0 unspecified atom stereocenters. The summed E-state index contributed by atoms with van der Waals surface area (Å²) < 4.78 is 9.78. The summed E-state index contributed by atoms with van der Waals surface area (Å²) in [5.74, 6) is 0.932. The molecular formula is C51H53ClN10O5S2. The number of carbonyl (C=O) groups is 3. The van der Waals surface area contributed by atoms with Crippen LogP contribution in [0.5, 0.6) is 5.75 Å². The first-order chi connectivity index (χ1) is 33.2. The van der Waals surface area contributed by atoms with Crippen LogP contribution in [-0.4, -0.2) is 94.8 Å². The SMILES string of the molecule is Cc1ncsc1-c1ccc(CNC(=O)[C@@H]2C[C@@H](O)CN2C(=O)[C@@H](C(C)C)n2cc(-c3cccc(OCCNC(=O)C[C@@H]4N=C(c5ccc(Cl)cc5)c5c(sc(C)c5C)-n5c(C)nnc54)c3)cn2)cc1. The number of nitrogens with zero attached hydrogens (tertiary/aromatic N) is 8. The quantitative estimate of drug-likeness (QED) is 0.0855. The fourth-order valence-electron chi connectivity index (χ4n) is 8.98. The monoisotopic (exact) mass is 984 g/mol. The van der Waals surface area contributed by atoms with E-state index in [2.05, 4.69) is 44.8 Å². The second-order valence-corrected chi connectivity index (χ2v) is 20.3. The number of hydrogen-bond acceptors (Lipinski definition) is 12. The summed E-state index contributed by atoms with van der Waals surface area (Å²) in [5, 5.41) is 31.9. The topological polar surface area (TPSA) is 182 Å².